The molecule has 1 aliphatic heterocycles. The van der Waals surface area contributed by atoms with Gasteiger partial charge in [-0.05, 0) is 42.9 Å². The summed E-state index contributed by atoms with van der Waals surface area (Å²) < 4.78 is 11.0. The van der Waals surface area contributed by atoms with Gasteiger partial charge in [0.05, 0.1) is 41.7 Å². The highest BCUT2D eigenvalue weighted by Crippen LogP contribution is 2.49. The van der Waals surface area contributed by atoms with Crippen molar-refractivity contribution in [2.45, 2.75) is 12.8 Å². The minimum absolute atomic E-state index is 0.0927. The van der Waals surface area contributed by atoms with Gasteiger partial charge >= 0.3 is 0 Å². The number of nitrogens with zero attached hydrogens (tertiary/aromatic N) is 3. The molecule has 2 aromatic rings. The minimum atomic E-state index is -0.504. The normalized spacial score (nSPS) is 26.7. The van der Waals surface area contributed by atoms with Crippen molar-refractivity contribution >= 4 is 23.7 Å². The Kier molecular flexibility index (Phi) is 4.46. The van der Waals surface area contributed by atoms with E-state index in [9.17, 15) is 19.7 Å². The zero-order chi connectivity index (χ0) is 21.7. The highest BCUT2D eigenvalue weighted by molar-refractivity contribution is 6.06. The number of hydrogen-bond acceptors (Lipinski definition) is 7. The number of hydrazone groups is 1. The number of benzene rings is 1. The van der Waals surface area contributed by atoms with E-state index in [2.05, 4.69) is 17.3 Å². The van der Waals surface area contributed by atoms with Crippen LogP contribution in [0, 0.1) is 33.8 Å². The van der Waals surface area contributed by atoms with Gasteiger partial charge in [0.2, 0.25) is 0 Å². The third-order valence-corrected chi connectivity index (χ3v) is 6.32. The molecular weight excluding hydrogens is 402 g/mol. The van der Waals surface area contributed by atoms with Gasteiger partial charge in [-0.25, -0.2) is 0 Å². The summed E-state index contributed by atoms with van der Waals surface area (Å²) in [5.74, 6) is 0.130. The minimum Gasteiger partial charge on any atom is -0.496 e. The third-order valence-electron chi connectivity index (χ3n) is 6.32. The predicted molar refractivity (Wildman–Crippen MR) is 109 cm³/mol. The Bertz CT molecular complexity index is 1120. The maximum atomic E-state index is 12.8. The predicted octanol–water partition coefficient (Wildman–Crippen LogP) is 3.39. The molecule has 2 fully saturated rings. The van der Waals surface area contributed by atoms with Crippen molar-refractivity contribution in [2.75, 3.05) is 7.11 Å². The quantitative estimate of drug-likeness (QED) is 0.240. The largest absolute Gasteiger partial charge is 0.496 e. The van der Waals surface area contributed by atoms with Crippen LogP contribution in [0.25, 0.3) is 11.3 Å². The fourth-order valence-electron chi connectivity index (χ4n) is 4.85. The van der Waals surface area contributed by atoms with Crippen molar-refractivity contribution in [3.63, 3.8) is 0 Å². The standard InChI is InChI=1S/C22H19N3O6/c1-30-18-10-14(25(28)29)6-8-16(18)17-9-7-15(31-17)11-23-24-21(26)19-12-2-3-13(5-4-12)20(19)22(24)27/h2-3,6-13,19-20H,4-5H2,1H3/b23-11-/t12-,13-,19-,20-/m0/s1. The topological polar surface area (TPSA) is 115 Å². The lowest BCUT2D eigenvalue weighted by atomic mass is 9.63. The molecule has 31 heavy (non-hydrogen) atoms. The molecule has 0 spiro atoms. The van der Waals surface area contributed by atoms with Crippen LogP contribution in [-0.4, -0.2) is 35.1 Å². The molecule has 0 N–H and O–H groups in total. The van der Waals surface area contributed by atoms with E-state index in [0.29, 0.717) is 22.8 Å². The number of nitro benzene ring substituents is 1. The average Bonchev–Trinajstić information content (AvgIpc) is 3.36. The summed E-state index contributed by atoms with van der Waals surface area (Å²) in [6.45, 7) is 0. The molecule has 1 saturated carbocycles. The number of imide groups is 1. The zero-order valence-corrected chi connectivity index (χ0v) is 16.6. The van der Waals surface area contributed by atoms with Gasteiger partial charge < -0.3 is 9.15 Å². The molecule has 0 unspecified atom stereocenters. The van der Waals surface area contributed by atoms with E-state index in [1.165, 1.54) is 31.5 Å². The number of amides is 2. The number of non-ortho nitro benzene ring substituents is 1. The molecule has 1 saturated heterocycles. The second kappa shape index (κ2) is 7.19. The van der Waals surface area contributed by atoms with Gasteiger partial charge in [-0.3, -0.25) is 19.7 Å². The smallest absolute Gasteiger partial charge is 0.273 e. The number of carbonyl (C=O) groups is 2. The zero-order valence-electron chi connectivity index (χ0n) is 16.6. The van der Waals surface area contributed by atoms with E-state index < -0.39 is 4.92 Å². The molecule has 1 aromatic carbocycles. The Morgan fingerprint density at radius 1 is 1.13 bits per heavy atom. The molecule has 4 atom stereocenters. The van der Waals surface area contributed by atoms with E-state index in [-0.39, 0.29) is 41.2 Å². The molecule has 6 rings (SSSR count). The highest BCUT2D eigenvalue weighted by atomic mass is 16.6. The highest BCUT2D eigenvalue weighted by Gasteiger charge is 2.56. The number of methoxy groups -OCH3 is 1. The van der Waals surface area contributed by atoms with Crippen molar-refractivity contribution in [3.8, 4) is 17.1 Å². The first kappa shape index (κ1) is 19.2. The molecule has 4 aliphatic rings. The summed E-state index contributed by atoms with van der Waals surface area (Å²) in [5.41, 5.74) is 0.444. The SMILES string of the molecule is COc1cc([N+](=O)[O-])ccc1-c1ccc(/C=N\N2C(=O)[C@@H]3[C@@H](C2=O)[C@H]2C=C[C@H]3CC2)o1. The van der Waals surface area contributed by atoms with Crippen LogP contribution in [0.4, 0.5) is 5.69 Å². The number of ether oxygens (including phenoxy) is 1. The first-order valence-electron chi connectivity index (χ1n) is 10.0. The number of fused-ring (bicyclic) bond motifs is 1. The second-order valence-electron chi connectivity index (χ2n) is 7.92. The molecule has 0 radical (unpaired) electrons. The van der Waals surface area contributed by atoms with Crippen molar-refractivity contribution in [3.05, 3.63) is 58.4 Å². The molecule has 9 heteroatoms. The second-order valence-corrected chi connectivity index (χ2v) is 7.92. The Morgan fingerprint density at radius 2 is 1.81 bits per heavy atom. The van der Waals surface area contributed by atoms with Gasteiger partial charge in [0.15, 0.2) is 0 Å². The van der Waals surface area contributed by atoms with E-state index in [0.717, 1.165) is 17.9 Å². The molecule has 2 bridgehead atoms. The van der Waals surface area contributed by atoms with Gasteiger partial charge in [-0.1, -0.05) is 12.2 Å². The Labute approximate surface area is 177 Å². The summed E-state index contributed by atoms with van der Waals surface area (Å²) in [7, 11) is 1.42. The summed E-state index contributed by atoms with van der Waals surface area (Å²) in [4.78, 5) is 36.1. The van der Waals surface area contributed by atoms with E-state index in [1.54, 1.807) is 12.1 Å². The van der Waals surface area contributed by atoms with E-state index in [4.69, 9.17) is 9.15 Å². The fourth-order valence-corrected chi connectivity index (χ4v) is 4.85. The van der Waals surface area contributed by atoms with Crippen molar-refractivity contribution < 1.29 is 23.7 Å². The van der Waals surface area contributed by atoms with Gasteiger partial charge in [-0.15, -0.1) is 0 Å². The molecule has 158 valence electrons. The molecule has 9 nitrogen and oxygen atoms in total. The summed E-state index contributed by atoms with van der Waals surface area (Å²) in [6.07, 6.45) is 7.31. The van der Waals surface area contributed by atoms with Gasteiger partial charge in [0, 0.05) is 6.07 Å². The summed E-state index contributed by atoms with van der Waals surface area (Å²) in [5, 5.41) is 16.1. The van der Waals surface area contributed by atoms with Crippen molar-refractivity contribution in [1.82, 2.24) is 5.01 Å². The lowest BCUT2D eigenvalue weighted by Crippen LogP contribution is -2.38. The lowest BCUT2D eigenvalue weighted by Gasteiger charge is -2.37. The Hall–Kier alpha value is -3.75. The van der Waals surface area contributed by atoms with E-state index >= 15 is 0 Å². The number of furan rings is 1. The van der Waals surface area contributed by atoms with Gasteiger partial charge in [-0.2, -0.15) is 10.1 Å². The number of allylic oxidation sites excluding steroid dienone is 2. The van der Waals surface area contributed by atoms with Crippen LogP contribution in [0.15, 0.2) is 52.0 Å². The lowest BCUT2D eigenvalue weighted by molar-refractivity contribution is -0.384. The number of rotatable bonds is 5. The van der Waals surface area contributed by atoms with Crippen LogP contribution in [0.3, 0.4) is 0 Å². The average molecular weight is 421 g/mol. The van der Waals surface area contributed by atoms with Crippen LogP contribution in [0.1, 0.15) is 18.6 Å². The van der Waals surface area contributed by atoms with Gasteiger partial charge in [0.25, 0.3) is 17.5 Å². The number of hydrogen-bond donors (Lipinski definition) is 0. The molecule has 3 aliphatic carbocycles. The van der Waals surface area contributed by atoms with Crippen LogP contribution in [0.5, 0.6) is 5.75 Å². The van der Waals surface area contributed by atoms with Crippen LogP contribution in [0.2, 0.25) is 0 Å². The van der Waals surface area contributed by atoms with Crippen LogP contribution in [-0.2, 0) is 9.59 Å². The molecule has 2 amide bonds. The number of nitro groups is 1. The Morgan fingerprint density at radius 3 is 2.39 bits per heavy atom. The molecular formula is C22H19N3O6. The summed E-state index contributed by atoms with van der Waals surface area (Å²) >= 11 is 0. The third kappa shape index (κ3) is 3.04. The fraction of sp³-hybridized carbons (Fsp3) is 0.318. The molecule has 1 aromatic heterocycles. The van der Waals surface area contributed by atoms with Crippen molar-refractivity contribution in [2.24, 2.45) is 28.8 Å². The van der Waals surface area contributed by atoms with Crippen LogP contribution < -0.4 is 4.74 Å². The van der Waals surface area contributed by atoms with E-state index in [1.807, 2.05) is 0 Å². The monoisotopic (exact) mass is 421 g/mol. The maximum Gasteiger partial charge on any atom is 0.273 e. The first-order chi connectivity index (χ1) is 15.0. The summed E-state index contributed by atoms with van der Waals surface area (Å²) in [6, 6.07) is 7.53. The first-order valence-corrected chi connectivity index (χ1v) is 10.0. The maximum absolute atomic E-state index is 12.8. The van der Waals surface area contributed by atoms with Crippen LogP contribution >= 0.6 is 0 Å². The number of carbonyl (C=O) groups excluding carboxylic acids is 2. The molecule has 2 heterocycles. The van der Waals surface area contributed by atoms with Crippen molar-refractivity contribution in [1.29, 1.82) is 0 Å². The van der Waals surface area contributed by atoms with Gasteiger partial charge in [0.1, 0.15) is 17.3 Å². The Balaban J connectivity index is 1.38.